The highest BCUT2D eigenvalue weighted by Gasteiger charge is 2.35. The number of rotatable bonds is 7. The largest absolute Gasteiger partial charge is 0.315 e. The first kappa shape index (κ1) is 17.9. The second-order valence-corrected chi connectivity index (χ2v) is 9.98. The summed E-state index contributed by atoms with van der Waals surface area (Å²) >= 11 is 0. The molecule has 1 saturated heterocycles. The van der Waals surface area contributed by atoms with Crippen molar-refractivity contribution in [3.8, 4) is 0 Å². The summed E-state index contributed by atoms with van der Waals surface area (Å²) < 4.78 is 48.7. The summed E-state index contributed by atoms with van der Waals surface area (Å²) in [5, 5.41) is 3.24. The van der Waals surface area contributed by atoms with Crippen LogP contribution in [0.1, 0.15) is 33.6 Å². The van der Waals surface area contributed by atoms with Gasteiger partial charge in [-0.15, -0.1) is 0 Å². The Morgan fingerprint density at radius 1 is 1.30 bits per heavy atom. The monoisotopic (exact) mass is 326 g/mol. The number of nitrogens with zero attached hydrogens (tertiary/aromatic N) is 1. The maximum Gasteiger partial charge on any atom is 0.214 e. The predicted molar refractivity (Wildman–Crippen MR) is 81.0 cm³/mol. The molecule has 1 aliphatic heterocycles. The highest BCUT2D eigenvalue weighted by molar-refractivity contribution is 7.92. The van der Waals surface area contributed by atoms with Crippen molar-refractivity contribution in [1.29, 1.82) is 0 Å². The Morgan fingerprint density at radius 2 is 1.95 bits per heavy atom. The first-order valence-electron chi connectivity index (χ1n) is 7.07. The maximum atomic E-state index is 12.2. The summed E-state index contributed by atoms with van der Waals surface area (Å²) in [6.45, 7) is 6.65. The molecule has 0 saturated carbocycles. The van der Waals surface area contributed by atoms with Gasteiger partial charge in [-0.2, -0.15) is 4.31 Å². The van der Waals surface area contributed by atoms with Gasteiger partial charge in [0.05, 0.1) is 17.3 Å². The van der Waals surface area contributed by atoms with Crippen molar-refractivity contribution in [3.05, 3.63) is 0 Å². The van der Waals surface area contributed by atoms with Crippen LogP contribution < -0.4 is 5.32 Å². The lowest BCUT2D eigenvalue weighted by atomic mass is 10.3. The third kappa shape index (κ3) is 5.67. The molecule has 1 unspecified atom stereocenters. The molecule has 0 bridgehead atoms. The van der Waals surface area contributed by atoms with Crippen LogP contribution in [0.15, 0.2) is 0 Å². The summed E-state index contributed by atoms with van der Waals surface area (Å²) in [6.07, 6.45) is 1.40. The molecule has 1 heterocycles. The summed E-state index contributed by atoms with van der Waals surface area (Å²) in [5.41, 5.74) is 0. The van der Waals surface area contributed by atoms with E-state index in [0.29, 0.717) is 12.5 Å². The second kappa shape index (κ2) is 7.20. The Kier molecular flexibility index (Phi) is 6.43. The van der Waals surface area contributed by atoms with Crippen LogP contribution in [-0.4, -0.2) is 63.6 Å². The van der Waals surface area contributed by atoms with Crippen molar-refractivity contribution in [2.75, 3.05) is 30.3 Å². The molecular formula is C12H26N2O4S2. The second-order valence-electron chi connectivity index (χ2n) is 5.71. The molecule has 0 radical (unpaired) electrons. The number of sulfonamides is 1. The Bertz CT molecular complexity index is 500. The molecule has 0 aromatic heterocycles. The van der Waals surface area contributed by atoms with Crippen LogP contribution in [0.25, 0.3) is 0 Å². The van der Waals surface area contributed by atoms with Gasteiger partial charge in [0.15, 0.2) is 9.84 Å². The average molecular weight is 326 g/mol. The van der Waals surface area contributed by atoms with Gasteiger partial charge in [0.2, 0.25) is 10.0 Å². The molecule has 8 heteroatoms. The van der Waals surface area contributed by atoms with Gasteiger partial charge < -0.3 is 5.32 Å². The summed E-state index contributed by atoms with van der Waals surface area (Å²) in [5.74, 6) is -0.0379. The lowest BCUT2D eigenvalue weighted by Crippen LogP contribution is -2.50. The highest BCUT2D eigenvalue weighted by Crippen LogP contribution is 2.17. The van der Waals surface area contributed by atoms with Gasteiger partial charge in [0, 0.05) is 18.6 Å². The van der Waals surface area contributed by atoms with E-state index in [1.54, 1.807) is 6.92 Å². The van der Waals surface area contributed by atoms with E-state index < -0.39 is 25.9 Å². The van der Waals surface area contributed by atoms with Crippen molar-refractivity contribution in [2.24, 2.45) is 0 Å². The van der Waals surface area contributed by atoms with Crippen LogP contribution in [0.5, 0.6) is 0 Å². The molecule has 20 heavy (non-hydrogen) atoms. The molecule has 0 amide bonds. The van der Waals surface area contributed by atoms with E-state index in [2.05, 4.69) is 5.32 Å². The third-order valence-corrected chi connectivity index (χ3v) is 7.20. The lowest BCUT2D eigenvalue weighted by Gasteiger charge is -2.32. The quantitative estimate of drug-likeness (QED) is 0.676. The molecule has 0 aromatic carbocycles. The molecule has 1 N–H and O–H groups in total. The zero-order chi connectivity index (χ0) is 15.4. The third-order valence-electron chi connectivity index (χ3n) is 3.35. The molecule has 1 rings (SSSR count). The standard InChI is InChI=1S/C12H26N2O4S2/c1-11(2)13-6-4-5-8-20(17,18)14-7-9-19(15,16)10-12(14)3/h11-13H,4-10H2,1-3H3. The molecule has 1 fully saturated rings. The van der Waals surface area contributed by atoms with Gasteiger partial charge in [-0.05, 0) is 26.3 Å². The van der Waals surface area contributed by atoms with E-state index in [1.807, 2.05) is 13.8 Å². The molecule has 1 atom stereocenters. The van der Waals surface area contributed by atoms with Crippen LogP contribution in [0.3, 0.4) is 0 Å². The molecule has 0 aliphatic carbocycles. The fraction of sp³-hybridized carbons (Fsp3) is 1.00. The smallest absolute Gasteiger partial charge is 0.214 e. The van der Waals surface area contributed by atoms with Crippen molar-refractivity contribution >= 4 is 19.9 Å². The van der Waals surface area contributed by atoms with Gasteiger partial charge in [-0.3, -0.25) is 0 Å². The van der Waals surface area contributed by atoms with E-state index in [-0.39, 0.29) is 23.8 Å². The fourth-order valence-corrected chi connectivity index (χ4v) is 5.88. The zero-order valence-electron chi connectivity index (χ0n) is 12.5. The van der Waals surface area contributed by atoms with Gasteiger partial charge in [0.25, 0.3) is 0 Å². The molecular weight excluding hydrogens is 300 g/mol. The molecule has 1 aliphatic rings. The maximum absolute atomic E-state index is 12.2. The van der Waals surface area contributed by atoms with Gasteiger partial charge >= 0.3 is 0 Å². The van der Waals surface area contributed by atoms with Crippen LogP contribution in [0.2, 0.25) is 0 Å². The Balaban J connectivity index is 2.45. The van der Waals surface area contributed by atoms with Crippen molar-refractivity contribution in [3.63, 3.8) is 0 Å². The van der Waals surface area contributed by atoms with E-state index >= 15 is 0 Å². The van der Waals surface area contributed by atoms with E-state index in [9.17, 15) is 16.8 Å². The first-order valence-corrected chi connectivity index (χ1v) is 10.5. The number of nitrogens with one attached hydrogen (secondary N) is 1. The van der Waals surface area contributed by atoms with Crippen LogP contribution in [0, 0.1) is 0 Å². The Hall–Kier alpha value is -0.180. The van der Waals surface area contributed by atoms with Gasteiger partial charge in [-0.1, -0.05) is 13.8 Å². The Labute approximate surface area is 122 Å². The summed E-state index contributed by atoms with van der Waals surface area (Å²) in [6, 6.07) is -0.0496. The normalized spacial score (nSPS) is 24.1. The number of hydrogen-bond acceptors (Lipinski definition) is 5. The predicted octanol–water partition coefficient (Wildman–Crippen LogP) is 0.213. The zero-order valence-corrected chi connectivity index (χ0v) is 14.1. The van der Waals surface area contributed by atoms with Crippen LogP contribution in [-0.2, 0) is 19.9 Å². The highest BCUT2D eigenvalue weighted by atomic mass is 32.2. The molecule has 120 valence electrons. The summed E-state index contributed by atoms with van der Waals surface area (Å²) in [7, 11) is -6.42. The summed E-state index contributed by atoms with van der Waals surface area (Å²) in [4.78, 5) is 0. The van der Waals surface area contributed by atoms with Crippen molar-refractivity contribution < 1.29 is 16.8 Å². The van der Waals surface area contributed by atoms with E-state index in [1.165, 1.54) is 4.31 Å². The number of hydrogen-bond donors (Lipinski definition) is 1. The van der Waals surface area contributed by atoms with Gasteiger partial charge in [-0.25, -0.2) is 16.8 Å². The lowest BCUT2D eigenvalue weighted by molar-refractivity contribution is 0.356. The molecule has 0 spiro atoms. The van der Waals surface area contributed by atoms with Gasteiger partial charge in [0.1, 0.15) is 0 Å². The number of sulfone groups is 1. The number of unbranched alkanes of at least 4 members (excludes halogenated alkanes) is 1. The van der Waals surface area contributed by atoms with E-state index in [0.717, 1.165) is 13.0 Å². The minimum Gasteiger partial charge on any atom is -0.315 e. The van der Waals surface area contributed by atoms with Crippen molar-refractivity contribution in [2.45, 2.75) is 45.7 Å². The molecule has 6 nitrogen and oxygen atoms in total. The topological polar surface area (TPSA) is 83.6 Å². The molecule has 0 aromatic rings. The average Bonchev–Trinajstić information content (AvgIpc) is 2.25. The first-order chi connectivity index (χ1) is 9.14. The SMILES string of the molecule is CC(C)NCCCCS(=O)(=O)N1CCS(=O)(=O)CC1C. The Morgan fingerprint density at radius 3 is 2.50 bits per heavy atom. The van der Waals surface area contributed by atoms with Crippen LogP contribution >= 0.6 is 0 Å². The fourth-order valence-electron chi connectivity index (χ4n) is 2.31. The minimum absolute atomic E-state index is 0.0640. The van der Waals surface area contributed by atoms with Crippen LogP contribution in [0.4, 0.5) is 0 Å². The van der Waals surface area contributed by atoms with E-state index in [4.69, 9.17) is 0 Å². The van der Waals surface area contributed by atoms with Crippen molar-refractivity contribution in [1.82, 2.24) is 9.62 Å². The minimum atomic E-state index is -3.34.